The number of halogens is 3. The number of hydrogen-bond donors (Lipinski definition) is 0. The Kier molecular flexibility index (Phi) is 4.29. The van der Waals surface area contributed by atoms with Gasteiger partial charge >= 0.3 is 6.18 Å². The maximum Gasteiger partial charge on any atom is 0.418 e. The van der Waals surface area contributed by atoms with E-state index in [-0.39, 0.29) is 11.6 Å². The Morgan fingerprint density at radius 2 is 1.44 bits per heavy atom. The Morgan fingerprint density at radius 3 is 2.15 bits per heavy atom. The van der Waals surface area contributed by atoms with Gasteiger partial charge in [0.1, 0.15) is 0 Å². The van der Waals surface area contributed by atoms with Gasteiger partial charge in [0.25, 0.3) is 0 Å². The Morgan fingerprint density at radius 1 is 0.815 bits per heavy atom. The van der Waals surface area contributed by atoms with E-state index < -0.39 is 35.4 Å². The van der Waals surface area contributed by atoms with Crippen molar-refractivity contribution < 1.29 is 22.8 Å². The molecule has 2 amide bonds. The van der Waals surface area contributed by atoms with E-state index in [0.717, 1.165) is 23.0 Å². The fraction of sp³-hybridized carbons (Fsp3) is 0.333. The van der Waals surface area contributed by atoms with Crippen molar-refractivity contribution in [3.05, 3.63) is 65.7 Å². The average molecular weight is 373 g/mol. The molecule has 1 heterocycles. The number of alkyl halides is 3. The zero-order valence-corrected chi connectivity index (χ0v) is 14.4. The molecule has 0 aromatic heterocycles. The smallest absolute Gasteiger partial charge is 0.274 e. The number of rotatable bonds is 2. The van der Waals surface area contributed by atoms with Gasteiger partial charge in [0.15, 0.2) is 0 Å². The highest BCUT2D eigenvalue weighted by molar-refractivity contribution is 6.22. The number of carbonyl (C=O) groups is 2. The van der Waals surface area contributed by atoms with Gasteiger partial charge in [-0.05, 0) is 42.9 Å². The molecule has 0 bridgehead atoms. The molecular weight excluding hydrogens is 355 g/mol. The van der Waals surface area contributed by atoms with E-state index in [9.17, 15) is 22.8 Å². The summed E-state index contributed by atoms with van der Waals surface area (Å²) in [5.41, 5.74) is -0.207. The topological polar surface area (TPSA) is 37.4 Å². The van der Waals surface area contributed by atoms with Gasteiger partial charge in [0.05, 0.1) is 23.1 Å². The van der Waals surface area contributed by atoms with Crippen LogP contribution in [0.4, 0.5) is 18.9 Å². The van der Waals surface area contributed by atoms with Crippen LogP contribution in [0.1, 0.15) is 36.3 Å². The first-order chi connectivity index (χ1) is 12.9. The van der Waals surface area contributed by atoms with Crippen LogP contribution in [0, 0.1) is 11.8 Å². The van der Waals surface area contributed by atoms with Gasteiger partial charge in [-0.3, -0.25) is 9.59 Å². The molecule has 0 N–H and O–H groups in total. The zero-order valence-electron chi connectivity index (χ0n) is 14.4. The zero-order chi connectivity index (χ0) is 19.2. The largest absolute Gasteiger partial charge is 0.418 e. The SMILES string of the molecule is O=C1C2CCC(c3ccccc3)CC2C(=O)N1c1ccccc1C(F)(F)F. The second-order valence-corrected chi connectivity index (χ2v) is 7.16. The predicted octanol–water partition coefficient (Wildman–Crippen LogP) is 4.78. The van der Waals surface area contributed by atoms with Crippen LogP contribution >= 0.6 is 0 Å². The molecule has 140 valence electrons. The maximum absolute atomic E-state index is 13.4. The van der Waals surface area contributed by atoms with Gasteiger partial charge < -0.3 is 0 Å². The number of hydrogen-bond acceptors (Lipinski definition) is 2. The molecule has 0 spiro atoms. The first-order valence-corrected chi connectivity index (χ1v) is 8.97. The molecule has 3 unspecified atom stereocenters. The second kappa shape index (κ2) is 6.51. The Bertz CT molecular complexity index is 878. The summed E-state index contributed by atoms with van der Waals surface area (Å²) in [6.45, 7) is 0. The van der Waals surface area contributed by atoms with E-state index in [2.05, 4.69) is 0 Å². The van der Waals surface area contributed by atoms with Gasteiger partial charge in [0, 0.05) is 0 Å². The summed E-state index contributed by atoms with van der Waals surface area (Å²) in [6.07, 6.45) is -2.88. The molecule has 3 atom stereocenters. The van der Waals surface area contributed by atoms with Crippen molar-refractivity contribution in [1.29, 1.82) is 0 Å². The standard InChI is InChI=1S/C21H18F3NO2/c22-21(23,24)17-8-4-5-9-18(17)25-19(26)15-11-10-14(12-16(15)20(25)27)13-6-2-1-3-7-13/h1-9,14-16H,10-12H2. The van der Waals surface area contributed by atoms with Crippen LogP contribution in [0.2, 0.25) is 0 Å². The molecule has 6 heteroatoms. The van der Waals surface area contributed by atoms with Gasteiger partial charge in [-0.2, -0.15) is 13.2 Å². The first-order valence-electron chi connectivity index (χ1n) is 8.97. The third kappa shape index (κ3) is 3.03. The minimum Gasteiger partial charge on any atom is -0.274 e. The van der Waals surface area contributed by atoms with Crippen LogP contribution < -0.4 is 4.90 Å². The lowest BCUT2D eigenvalue weighted by Gasteiger charge is -2.28. The van der Waals surface area contributed by atoms with Crippen molar-refractivity contribution in [2.75, 3.05) is 4.90 Å². The lowest BCUT2D eigenvalue weighted by atomic mass is 9.73. The predicted molar refractivity (Wildman–Crippen MR) is 94.0 cm³/mol. The van der Waals surface area contributed by atoms with Gasteiger partial charge in [-0.15, -0.1) is 0 Å². The lowest BCUT2D eigenvalue weighted by molar-refractivity contribution is -0.137. The summed E-state index contributed by atoms with van der Waals surface area (Å²) in [4.78, 5) is 26.5. The molecule has 1 aliphatic heterocycles. The summed E-state index contributed by atoms with van der Waals surface area (Å²) >= 11 is 0. The number of nitrogens with zero attached hydrogens (tertiary/aromatic N) is 1. The van der Waals surface area contributed by atoms with Crippen molar-refractivity contribution in [3.8, 4) is 0 Å². The number of carbonyl (C=O) groups excluding carboxylic acids is 2. The van der Waals surface area contributed by atoms with Crippen LogP contribution in [-0.2, 0) is 15.8 Å². The minimum absolute atomic E-state index is 0.141. The van der Waals surface area contributed by atoms with E-state index >= 15 is 0 Å². The summed E-state index contributed by atoms with van der Waals surface area (Å²) in [5.74, 6) is -1.96. The highest BCUT2D eigenvalue weighted by atomic mass is 19.4. The summed E-state index contributed by atoms with van der Waals surface area (Å²) < 4.78 is 40.1. The van der Waals surface area contributed by atoms with Crippen LogP contribution in [0.3, 0.4) is 0 Å². The van der Waals surface area contributed by atoms with Crippen molar-refractivity contribution in [2.45, 2.75) is 31.4 Å². The number of para-hydroxylation sites is 1. The fourth-order valence-corrected chi connectivity index (χ4v) is 4.35. The molecule has 1 saturated heterocycles. The number of fused-ring (bicyclic) bond motifs is 1. The Labute approximate surface area is 154 Å². The first kappa shape index (κ1) is 17.8. The van der Waals surface area contributed by atoms with Crippen molar-refractivity contribution in [3.63, 3.8) is 0 Å². The van der Waals surface area contributed by atoms with Crippen LogP contribution in [0.15, 0.2) is 54.6 Å². The van der Waals surface area contributed by atoms with Crippen molar-refractivity contribution in [2.24, 2.45) is 11.8 Å². The van der Waals surface area contributed by atoms with E-state index in [1.54, 1.807) is 0 Å². The molecule has 2 aromatic carbocycles. The molecule has 1 saturated carbocycles. The fourth-order valence-electron chi connectivity index (χ4n) is 4.35. The average Bonchev–Trinajstić information content (AvgIpc) is 2.92. The maximum atomic E-state index is 13.4. The molecule has 4 rings (SSSR count). The molecule has 3 nitrogen and oxygen atoms in total. The highest BCUT2D eigenvalue weighted by Gasteiger charge is 2.52. The van der Waals surface area contributed by atoms with Gasteiger partial charge in [0.2, 0.25) is 11.8 Å². The molecule has 2 aliphatic rings. The molecule has 2 fully saturated rings. The summed E-state index contributed by atoms with van der Waals surface area (Å²) in [5, 5.41) is 0. The normalized spacial score (nSPS) is 25.6. The second-order valence-electron chi connectivity index (χ2n) is 7.16. The summed E-state index contributed by atoms with van der Waals surface area (Å²) in [7, 11) is 0. The van der Waals surface area contributed by atoms with Crippen molar-refractivity contribution in [1.82, 2.24) is 0 Å². The van der Waals surface area contributed by atoms with E-state index in [1.807, 2.05) is 30.3 Å². The van der Waals surface area contributed by atoms with E-state index in [4.69, 9.17) is 0 Å². The van der Waals surface area contributed by atoms with Gasteiger partial charge in [-0.1, -0.05) is 42.5 Å². The van der Waals surface area contributed by atoms with Crippen LogP contribution in [-0.4, -0.2) is 11.8 Å². The van der Waals surface area contributed by atoms with Crippen LogP contribution in [0.25, 0.3) is 0 Å². The van der Waals surface area contributed by atoms with E-state index in [1.165, 1.54) is 18.2 Å². The van der Waals surface area contributed by atoms with Crippen LogP contribution in [0.5, 0.6) is 0 Å². The molecule has 2 aromatic rings. The molecule has 27 heavy (non-hydrogen) atoms. The van der Waals surface area contributed by atoms with Crippen molar-refractivity contribution >= 4 is 17.5 Å². The third-order valence-electron chi connectivity index (χ3n) is 5.65. The molecule has 0 radical (unpaired) electrons. The Hall–Kier alpha value is -2.63. The monoisotopic (exact) mass is 373 g/mol. The quantitative estimate of drug-likeness (QED) is 0.711. The highest BCUT2D eigenvalue weighted by Crippen LogP contribution is 2.47. The van der Waals surface area contributed by atoms with Gasteiger partial charge in [-0.25, -0.2) is 4.90 Å². The number of amides is 2. The molecular formula is C21H18F3NO2. The Balaban J connectivity index is 1.66. The number of anilines is 1. The number of benzene rings is 2. The summed E-state index contributed by atoms with van der Waals surface area (Å²) in [6, 6.07) is 14.5. The minimum atomic E-state index is -4.63. The lowest BCUT2D eigenvalue weighted by Crippen LogP contribution is -2.32. The molecule has 1 aliphatic carbocycles. The number of imide groups is 1. The third-order valence-corrected chi connectivity index (χ3v) is 5.65. The van der Waals surface area contributed by atoms with E-state index in [0.29, 0.717) is 12.8 Å².